The fourth-order valence-corrected chi connectivity index (χ4v) is 5.89. The number of halogens is 1. The zero-order valence-corrected chi connectivity index (χ0v) is 19.7. The maximum Gasteiger partial charge on any atom is 0.260 e. The second kappa shape index (κ2) is 8.07. The molecule has 4 heterocycles. The SMILES string of the molecule is CC1NC=C(NC(=O)CN2CCCCC23CC3)C=C1NC(=O)c1cnn2cc(Br)sc12. The third-order valence-electron chi connectivity index (χ3n) is 6.37. The molecule has 1 aliphatic carbocycles. The highest BCUT2D eigenvalue weighted by Crippen LogP contribution is 2.48. The lowest BCUT2D eigenvalue weighted by Crippen LogP contribution is -2.47. The van der Waals surface area contributed by atoms with Gasteiger partial charge in [0, 0.05) is 17.4 Å². The molecule has 5 rings (SSSR count). The van der Waals surface area contributed by atoms with Gasteiger partial charge in [-0.3, -0.25) is 14.5 Å². The number of nitrogens with one attached hydrogen (secondary N) is 3. The van der Waals surface area contributed by atoms with Crippen molar-refractivity contribution >= 4 is 43.9 Å². The van der Waals surface area contributed by atoms with Crippen LogP contribution in [0.3, 0.4) is 0 Å². The molecule has 3 aliphatic rings. The molecule has 2 amide bonds. The predicted molar refractivity (Wildman–Crippen MR) is 123 cm³/mol. The van der Waals surface area contributed by atoms with Crippen molar-refractivity contribution in [1.29, 1.82) is 0 Å². The van der Waals surface area contributed by atoms with Crippen molar-refractivity contribution in [3.8, 4) is 0 Å². The fourth-order valence-electron chi connectivity index (χ4n) is 4.45. The first-order chi connectivity index (χ1) is 14.9. The fraction of sp³-hybridized carbons (Fsp3) is 0.476. The van der Waals surface area contributed by atoms with Gasteiger partial charge >= 0.3 is 0 Å². The zero-order valence-electron chi connectivity index (χ0n) is 17.3. The van der Waals surface area contributed by atoms with Crippen molar-refractivity contribution in [1.82, 2.24) is 30.5 Å². The highest BCUT2D eigenvalue weighted by atomic mass is 79.9. The lowest BCUT2D eigenvalue weighted by molar-refractivity contribution is -0.122. The molecule has 1 spiro atoms. The molecule has 164 valence electrons. The Labute approximate surface area is 192 Å². The zero-order chi connectivity index (χ0) is 21.6. The number of thiazole rings is 1. The molecule has 10 heteroatoms. The van der Waals surface area contributed by atoms with Crippen LogP contribution in [-0.2, 0) is 4.79 Å². The van der Waals surface area contributed by atoms with Crippen molar-refractivity contribution in [3.05, 3.63) is 45.4 Å². The van der Waals surface area contributed by atoms with Crippen LogP contribution in [0.25, 0.3) is 4.83 Å². The molecular weight excluding hydrogens is 480 g/mol. The van der Waals surface area contributed by atoms with Gasteiger partial charge in [0.15, 0.2) is 0 Å². The first kappa shape index (κ1) is 20.7. The Morgan fingerprint density at radius 1 is 1.32 bits per heavy atom. The summed E-state index contributed by atoms with van der Waals surface area (Å²) in [6, 6.07) is -0.0810. The monoisotopic (exact) mass is 504 g/mol. The normalized spacial score (nSPS) is 22.6. The second-order valence-electron chi connectivity index (χ2n) is 8.54. The Kier molecular flexibility index (Phi) is 5.39. The number of likely N-dealkylation sites (tertiary alicyclic amines) is 1. The van der Waals surface area contributed by atoms with Crippen LogP contribution in [0.1, 0.15) is 49.4 Å². The van der Waals surface area contributed by atoms with Gasteiger partial charge in [-0.15, -0.1) is 11.3 Å². The van der Waals surface area contributed by atoms with Gasteiger partial charge in [-0.2, -0.15) is 5.10 Å². The Balaban J connectivity index is 1.24. The smallest absolute Gasteiger partial charge is 0.260 e. The van der Waals surface area contributed by atoms with Gasteiger partial charge in [0.1, 0.15) is 4.83 Å². The van der Waals surface area contributed by atoms with Crippen LogP contribution >= 0.6 is 27.3 Å². The highest BCUT2D eigenvalue weighted by Gasteiger charge is 2.49. The summed E-state index contributed by atoms with van der Waals surface area (Å²) in [7, 11) is 0. The minimum absolute atomic E-state index is 0.0144. The quantitative estimate of drug-likeness (QED) is 0.582. The van der Waals surface area contributed by atoms with E-state index in [4.69, 9.17) is 0 Å². The molecule has 0 radical (unpaired) electrons. The lowest BCUT2D eigenvalue weighted by atomic mass is 10.00. The third kappa shape index (κ3) is 4.16. The summed E-state index contributed by atoms with van der Waals surface area (Å²) in [6.07, 6.45) is 13.1. The highest BCUT2D eigenvalue weighted by molar-refractivity contribution is 9.11. The van der Waals surface area contributed by atoms with E-state index in [1.807, 2.05) is 19.2 Å². The van der Waals surface area contributed by atoms with E-state index in [2.05, 4.69) is 41.9 Å². The Bertz CT molecular complexity index is 1100. The summed E-state index contributed by atoms with van der Waals surface area (Å²) in [5, 5.41) is 13.4. The number of rotatable bonds is 5. The van der Waals surface area contributed by atoms with E-state index >= 15 is 0 Å². The van der Waals surface area contributed by atoms with E-state index in [9.17, 15) is 9.59 Å². The van der Waals surface area contributed by atoms with E-state index in [0.29, 0.717) is 23.5 Å². The summed E-state index contributed by atoms with van der Waals surface area (Å²) in [6.45, 7) is 3.38. The number of allylic oxidation sites excluding steroid dienone is 1. The first-order valence-electron chi connectivity index (χ1n) is 10.6. The Morgan fingerprint density at radius 2 is 2.16 bits per heavy atom. The van der Waals surface area contributed by atoms with Crippen LogP contribution in [0.4, 0.5) is 0 Å². The number of dihydropyridines is 1. The van der Waals surface area contributed by atoms with Crippen LogP contribution in [0, 0.1) is 0 Å². The summed E-state index contributed by atoms with van der Waals surface area (Å²) < 4.78 is 2.59. The average Bonchev–Trinajstić information content (AvgIpc) is 3.24. The van der Waals surface area contributed by atoms with Crippen molar-refractivity contribution in [2.24, 2.45) is 0 Å². The predicted octanol–water partition coefficient (Wildman–Crippen LogP) is 2.74. The van der Waals surface area contributed by atoms with E-state index in [0.717, 1.165) is 21.6 Å². The number of aromatic nitrogens is 2. The van der Waals surface area contributed by atoms with Gasteiger partial charge in [0.2, 0.25) is 5.91 Å². The minimum Gasteiger partial charge on any atom is -0.381 e. The molecule has 1 saturated heterocycles. The number of fused-ring (bicyclic) bond motifs is 1. The van der Waals surface area contributed by atoms with E-state index in [1.54, 1.807) is 16.9 Å². The topological polar surface area (TPSA) is 90.8 Å². The van der Waals surface area contributed by atoms with Gasteiger partial charge in [-0.05, 0) is 61.2 Å². The van der Waals surface area contributed by atoms with Crippen LogP contribution in [0.2, 0.25) is 0 Å². The number of nitrogens with zero attached hydrogens (tertiary/aromatic N) is 3. The number of piperidine rings is 1. The molecule has 1 saturated carbocycles. The van der Waals surface area contributed by atoms with Gasteiger partial charge in [-0.1, -0.05) is 6.42 Å². The van der Waals surface area contributed by atoms with Crippen molar-refractivity contribution in [3.63, 3.8) is 0 Å². The molecule has 31 heavy (non-hydrogen) atoms. The molecule has 2 aromatic heterocycles. The molecule has 8 nitrogen and oxygen atoms in total. The van der Waals surface area contributed by atoms with Crippen molar-refractivity contribution < 1.29 is 9.59 Å². The number of hydrogen-bond acceptors (Lipinski definition) is 6. The lowest BCUT2D eigenvalue weighted by Gasteiger charge is -2.35. The van der Waals surface area contributed by atoms with Gasteiger partial charge in [-0.25, -0.2) is 4.52 Å². The standard InChI is InChI=1S/C21H25BrN6O2S/c1-13-16(26-19(30)15-10-24-28-11-17(22)31-20(15)28)8-14(9-23-13)25-18(29)12-27-7-3-2-4-21(27)5-6-21/h8-11,13,23H,2-7,12H2,1H3,(H,25,29)(H,26,30). The first-order valence-corrected chi connectivity index (χ1v) is 12.2. The molecule has 0 bridgehead atoms. The molecule has 2 aromatic rings. The number of carbonyl (C=O) groups excluding carboxylic acids is 2. The molecule has 1 atom stereocenters. The molecule has 2 aliphatic heterocycles. The molecule has 0 aromatic carbocycles. The largest absolute Gasteiger partial charge is 0.381 e. The number of amides is 2. The summed E-state index contributed by atoms with van der Waals surface area (Å²) in [5.74, 6) is -0.236. The summed E-state index contributed by atoms with van der Waals surface area (Å²) >= 11 is 4.88. The Morgan fingerprint density at radius 3 is 2.97 bits per heavy atom. The van der Waals surface area contributed by atoms with Crippen molar-refractivity contribution in [2.45, 2.75) is 50.6 Å². The summed E-state index contributed by atoms with van der Waals surface area (Å²) in [4.78, 5) is 28.7. The molecule has 3 N–H and O–H groups in total. The van der Waals surface area contributed by atoms with Gasteiger partial charge < -0.3 is 16.0 Å². The number of hydrogen-bond donors (Lipinski definition) is 3. The van der Waals surface area contributed by atoms with Gasteiger partial charge in [0.05, 0.1) is 40.0 Å². The van der Waals surface area contributed by atoms with Crippen LogP contribution in [0.5, 0.6) is 0 Å². The van der Waals surface area contributed by atoms with Gasteiger partial charge in [0.25, 0.3) is 5.91 Å². The maximum atomic E-state index is 12.9. The Hall–Kier alpha value is -2.17. The third-order valence-corrected chi connectivity index (χ3v) is 7.96. The minimum atomic E-state index is -0.221. The summed E-state index contributed by atoms with van der Waals surface area (Å²) in [5.41, 5.74) is 2.16. The van der Waals surface area contributed by atoms with E-state index < -0.39 is 0 Å². The molecular formula is C21H25BrN6O2S. The molecule has 1 unspecified atom stereocenters. The van der Waals surface area contributed by atoms with Crippen molar-refractivity contribution in [2.75, 3.05) is 13.1 Å². The number of carbonyl (C=O) groups is 2. The van der Waals surface area contributed by atoms with Crippen LogP contribution in [-0.4, -0.2) is 51.0 Å². The van der Waals surface area contributed by atoms with Crippen LogP contribution < -0.4 is 16.0 Å². The average molecular weight is 505 g/mol. The molecule has 2 fully saturated rings. The second-order valence-corrected chi connectivity index (χ2v) is 10.9. The van der Waals surface area contributed by atoms with E-state index in [1.165, 1.54) is 37.0 Å². The maximum absolute atomic E-state index is 12.9. The van der Waals surface area contributed by atoms with Crippen LogP contribution in [0.15, 0.2) is 39.9 Å². The van der Waals surface area contributed by atoms with E-state index in [-0.39, 0.29) is 23.4 Å².